The highest BCUT2D eigenvalue weighted by Crippen LogP contribution is 2.25. The van der Waals surface area contributed by atoms with Crippen LogP contribution in [0.4, 0.5) is 10.5 Å². The number of anilines is 1. The average molecular weight is 370 g/mol. The second-order valence-corrected chi connectivity index (χ2v) is 6.18. The van der Waals surface area contributed by atoms with Gasteiger partial charge in [0.25, 0.3) is 5.91 Å². The van der Waals surface area contributed by atoms with Gasteiger partial charge in [-0.15, -0.1) is 0 Å². The lowest BCUT2D eigenvalue weighted by Crippen LogP contribution is -2.35. The summed E-state index contributed by atoms with van der Waals surface area (Å²) in [6.07, 6.45) is 0.407. The molecule has 7 nitrogen and oxygen atoms in total. The van der Waals surface area contributed by atoms with Gasteiger partial charge >= 0.3 is 6.09 Å². The smallest absolute Gasteiger partial charge is 0.409 e. The first-order chi connectivity index (χ1) is 13.0. The number of carbonyl (C=O) groups is 2. The molecule has 0 aliphatic carbocycles. The van der Waals surface area contributed by atoms with Crippen LogP contribution in [0.15, 0.2) is 36.4 Å². The van der Waals surface area contributed by atoms with Crippen LogP contribution in [0.3, 0.4) is 0 Å². The molecule has 2 aromatic carbocycles. The van der Waals surface area contributed by atoms with Crippen LogP contribution in [0.2, 0.25) is 0 Å². The van der Waals surface area contributed by atoms with Crippen molar-refractivity contribution < 1.29 is 23.8 Å². The van der Waals surface area contributed by atoms with Gasteiger partial charge in [0, 0.05) is 30.4 Å². The largest absolute Gasteiger partial charge is 0.497 e. The quantitative estimate of drug-likeness (QED) is 0.895. The van der Waals surface area contributed by atoms with E-state index >= 15 is 0 Å². The Hall–Kier alpha value is -3.22. The summed E-state index contributed by atoms with van der Waals surface area (Å²) in [6.45, 7) is 1.08. The number of ether oxygens (including phenoxy) is 3. The van der Waals surface area contributed by atoms with Gasteiger partial charge in [-0.1, -0.05) is 6.07 Å². The Labute approximate surface area is 157 Å². The number of amides is 2. The summed E-state index contributed by atoms with van der Waals surface area (Å²) in [5, 5.41) is 2.88. The highest BCUT2D eigenvalue weighted by atomic mass is 16.5. The monoisotopic (exact) mass is 370 g/mol. The van der Waals surface area contributed by atoms with E-state index in [9.17, 15) is 9.59 Å². The first kappa shape index (κ1) is 18.6. The van der Waals surface area contributed by atoms with Crippen LogP contribution in [0.5, 0.6) is 11.5 Å². The first-order valence-corrected chi connectivity index (χ1v) is 8.53. The molecule has 0 fully saturated rings. The van der Waals surface area contributed by atoms with Crippen molar-refractivity contribution in [3.05, 3.63) is 53.1 Å². The van der Waals surface area contributed by atoms with Crippen molar-refractivity contribution in [2.75, 3.05) is 33.2 Å². The molecule has 1 aliphatic heterocycles. The van der Waals surface area contributed by atoms with Crippen molar-refractivity contribution in [3.8, 4) is 11.5 Å². The zero-order valence-corrected chi connectivity index (χ0v) is 15.6. The number of hydrogen-bond donors (Lipinski definition) is 1. The third kappa shape index (κ3) is 4.13. The molecule has 2 aromatic rings. The highest BCUT2D eigenvalue weighted by Gasteiger charge is 2.21. The Bertz CT molecular complexity index is 843. The Morgan fingerprint density at radius 3 is 2.30 bits per heavy atom. The van der Waals surface area contributed by atoms with Gasteiger partial charge in [0.2, 0.25) is 0 Å². The van der Waals surface area contributed by atoms with Crippen LogP contribution < -0.4 is 14.8 Å². The number of methoxy groups -OCH3 is 3. The predicted molar refractivity (Wildman–Crippen MR) is 100 cm³/mol. The number of hydrogen-bond acceptors (Lipinski definition) is 5. The molecule has 3 rings (SSSR count). The zero-order chi connectivity index (χ0) is 19.4. The molecule has 7 heteroatoms. The maximum absolute atomic E-state index is 12.6. The number of fused-ring (bicyclic) bond motifs is 1. The van der Waals surface area contributed by atoms with Gasteiger partial charge in [0.1, 0.15) is 11.5 Å². The molecule has 1 heterocycles. The van der Waals surface area contributed by atoms with Crippen LogP contribution in [0, 0.1) is 0 Å². The minimum absolute atomic E-state index is 0.271. The summed E-state index contributed by atoms with van der Waals surface area (Å²) >= 11 is 0. The average Bonchev–Trinajstić information content (AvgIpc) is 2.72. The normalized spacial score (nSPS) is 12.8. The minimum Gasteiger partial charge on any atom is -0.497 e. The van der Waals surface area contributed by atoms with Gasteiger partial charge in [-0.25, -0.2) is 4.79 Å². The number of benzene rings is 2. The lowest BCUT2D eigenvalue weighted by molar-refractivity contribution is 0.102. The molecule has 0 atom stereocenters. The third-order valence-electron chi connectivity index (χ3n) is 4.52. The molecule has 2 amide bonds. The summed E-state index contributed by atoms with van der Waals surface area (Å²) < 4.78 is 15.2. The molecule has 0 unspecified atom stereocenters. The van der Waals surface area contributed by atoms with Crippen molar-refractivity contribution in [1.29, 1.82) is 0 Å². The van der Waals surface area contributed by atoms with E-state index in [0.717, 1.165) is 17.5 Å². The number of carbonyl (C=O) groups excluding carboxylic acids is 2. The van der Waals surface area contributed by atoms with E-state index in [4.69, 9.17) is 14.2 Å². The maximum Gasteiger partial charge on any atom is 0.409 e. The summed E-state index contributed by atoms with van der Waals surface area (Å²) in [5.41, 5.74) is 3.25. The van der Waals surface area contributed by atoms with Crippen LogP contribution in [-0.4, -0.2) is 44.8 Å². The summed E-state index contributed by atoms with van der Waals surface area (Å²) in [6, 6.07) is 10.7. The molecular weight excluding hydrogens is 348 g/mol. The fourth-order valence-corrected chi connectivity index (χ4v) is 3.06. The van der Waals surface area contributed by atoms with E-state index in [1.807, 2.05) is 18.2 Å². The predicted octanol–water partition coefficient (Wildman–Crippen LogP) is 3.08. The van der Waals surface area contributed by atoms with Crippen LogP contribution in [-0.2, 0) is 17.7 Å². The number of nitrogens with one attached hydrogen (secondary N) is 1. The molecule has 27 heavy (non-hydrogen) atoms. The second kappa shape index (κ2) is 7.99. The van der Waals surface area contributed by atoms with Crippen LogP contribution in [0.1, 0.15) is 21.5 Å². The molecule has 0 saturated carbocycles. The molecule has 0 saturated heterocycles. The van der Waals surface area contributed by atoms with Crippen LogP contribution >= 0.6 is 0 Å². The topological polar surface area (TPSA) is 77.1 Å². The number of nitrogens with zero attached hydrogens (tertiary/aromatic N) is 1. The van der Waals surface area contributed by atoms with E-state index in [-0.39, 0.29) is 12.0 Å². The van der Waals surface area contributed by atoms with Crippen molar-refractivity contribution >= 4 is 17.7 Å². The fourth-order valence-electron chi connectivity index (χ4n) is 3.06. The third-order valence-corrected chi connectivity index (χ3v) is 4.52. The Balaban J connectivity index is 1.79. The highest BCUT2D eigenvalue weighted by molar-refractivity contribution is 6.04. The Kier molecular flexibility index (Phi) is 5.49. The molecule has 0 aromatic heterocycles. The maximum atomic E-state index is 12.6. The van der Waals surface area contributed by atoms with E-state index in [0.29, 0.717) is 35.8 Å². The van der Waals surface area contributed by atoms with E-state index in [1.165, 1.54) is 21.3 Å². The molecule has 1 N–H and O–H groups in total. The molecule has 142 valence electrons. The van der Waals surface area contributed by atoms with Crippen molar-refractivity contribution in [2.24, 2.45) is 0 Å². The SMILES string of the molecule is COC(=O)N1CCc2ccc(NC(=O)c3cc(OC)cc(OC)c3)cc2C1. The molecule has 0 radical (unpaired) electrons. The van der Waals surface area contributed by atoms with Crippen molar-refractivity contribution in [1.82, 2.24) is 4.90 Å². The van der Waals surface area contributed by atoms with E-state index < -0.39 is 0 Å². The second-order valence-electron chi connectivity index (χ2n) is 6.18. The van der Waals surface area contributed by atoms with Gasteiger partial charge < -0.3 is 24.4 Å². The standard InChI is InChI=1S/C20H22N2O5/c1-25-17-9-14(10-18(11-17)26-2)19(23)21-16-5-4-13-6-7-22(20(24)27-3)12-15(13)8-16/h4-5,8-11H,6-7,12H2,1-3H3,(H,21,23). The molecule has 0 bridgehead atoms. The van der Waals surface area contributed by atoms with Gasteiger partial charge in [0.15, 0.2) is 0 Å². The first-order valence-electron chi connectivity index (χ1n) is 8.53. The van der Waals surface area contributed by atoms with Crippen LogP contribution in [0.25, 0.3) is 0 Å². The zero-order valence-electron chi connectivity index (χ0n) is 15.6. The van der Waals surface area contributed by atoms with Gasteiger partial charge in [0.05, 0.1) is 21.3 Å². The van der Waals surface area contributed by atoms with Gasteiger partial charge in [-0.05, 0) is 41.8 Å². The van der Waals surface area contributed by atoms with Gasteiger partial charge in [-0.2, -0.15) is 0 Å². The molecular formula is C20H22N2O5. The van der Waals surface area contributed by atoms with Gasteiger partial charge in [-0.3, -0.25) is 4.79 Å². The number of rotatable bonds is 4. The summed E-state index contributed by atoms with van der Waals surface area (Å²) in [4.78, 5) is 26.0. The Morgan fingerprint density at radius 1 is 0.963 bits per heavy atom. The Morgan fingerprint density at radius 2 is 1.67 bits per heavy atom. The van der Waals surface area contributed by atoms with E-state index in [2.05, 4.69) is 5.32 Å². The fraction of sp³-hybridized carbons (Fsp3) is 0.300. The van der Waals surface area contributed by atoms with E-state index in [1.54, 1.807) is 23.1 Å². The van der Waals surface area contributed by atoms with Crippen molar-refractivity contribution in [3.63, 3.8) is 0 Å². The summed E-state index contributed by atoms with van der Waals surface area (Å²) in [7, 11) is 4.44. The lowest BCUT2D eigenvalue weighted by atomic mass is 9.99. The molecule has 1 aliphatic rings. The lowest BCUT2D eigenvalue weighted by Gasteiger charge is -2.28. The van der Waals surface area contributed by atoms with Crippen molar-refractivity contribution in [2.45, 2.75) is 13.0 Å². The summed E-state index contributed by atoms with van der Waals surface area (Å²) in [5.74, 6) is 0.810. The molecule has 0 spiro atoms. The minimum atomic E-state index is -0.349.